The van der Waals surface area contributed by atoms with Crippen molar-refractivity contribution in [2.75, 3.05) is 7.11 Å². The second-order valence-electron chi connectivity index (χ2n) is 6.32. The lowest BCUT2D eigenvalue weighted by Crippen LogP contribution is -2.00. The van der Waals surface area contributed by atoms with E-state index in [1.165, 1.54) is 37.5 Å². The van der Waals surface area contributed by atoms with Gasteiger partial charge >= 0.3 is 5.97 Å². The number of carbonyl (C=O) groups is 1. The molecule has 1 unspecified atom stereocenters. The molecule has 0 aliphatic rings. The summed E-state index contributed by atoms with van der Waals surface area (Å²) in [6, 6.07) is 8.48. The van der Waals surface area contributed by atoms with Crippen molar-refractivity contribution >= 4 is 17.6 Å². The fourth-order valence-corrected chi connectivity index (χ4v) is 2.77. The van der Waals surface area contributed by atoms with Gasteiger partial charge in [0.05, 0.1) is 12.5 Å². The van der Waals surface area contributed by atoms with Crippen molar-refractivity contribution in [1.82, 2.24) is 0 Å². The van der Waals surface area contributed by atoms with E-state index in [1.807, 2.05) is 0 Å². The average molecular weight is 325 g/mol. The number of alkyl halides is 1. The molecule has 1 aromatic rings. The summed E-state index contributed by atoms with van der Waals surface area (Å²) in [5, 5.41) is 0.108. The van der Waals surface area contributed by atoms with Crippen molar-refractivity contribution < 1.29 is 9.53 Å². The van der Waals surface area contributed by atoms with Gasteiger partial charge in [-0.25, -0.2) is 0 Å². The summed E-state index contributed by atoms with van der Waals surface area (Å²) >= 11 is 6.48. The van der Waals surface area contributed by atoms with E-state index >= 15 is 0 Å². The zero-order valence-corrected chi connectivity index (χ0v) is 14.9. The zero-order chi connectivity index (χ0) is 16.4. The number of ether oxygens (including phenoxy) is 1. The molecular formula is C19H29ClO2. The van der Waals surface area contributed by atoms with Crippen molar-refractivity contribution in [2.24, 2.45) is 5.92 Å². The van der Waals surface area contributed by atoms with Gasteiger partial charge in [-0.15, -0.1) is 11.6 Å². The maximum absolute atomic E-state index is 11.1. The van der Waals surface area contributed by atoms with Crippen molar-refractivity contribution in [3.05, 3.63) is 35.4 Å². The number of rotatable bonds is 10. The first kappa shape index (κ1) is 19.0. The van der Waals surface area contributed by atoms with E-state index in [2.05, 4.69) is 42.8 Å². The average Bonchev–Trinajstić information content (AvgIpc) is 2.51. The molecule has 0 aliphatic carbocycles. The third kappa shape index (κ3) is 7.84. The fourth-order valence-electron chi connectivity index (χ4n) is 2.47. The Balaban J connectivity index is 2.32. The van der Waals surface area contributed by atoms with Crippen LogP contribution in [0.1, 0.15) is 68.9 Å². The summed E-state index contributed by atoms with van der Waals surface area (Å²) in [7, 11) is 1.43. The van der Waals surface area contributed by atoms with Crippen molar-refractivity contribution in [1.29, 1.82) is 0 Å². The van der Waals surface area contributed by atoms with Gasteiger partial charge in [0.25, 0.3) is 0 Å². The minimum Gasteiger partial charge on any atom is -0.469 e. The Morgan fingerprint density at radius 3 is 2.32 bits per heavy atom. The van der Waals surface area contributed by atoms with Crippen LogP contribution < -0.4 is 0 Å². The van der Waals surface area contributed by atoms with E-state index in [4.69, 9.17) is 11.6 Å². The van der Waals surface area contributed by atoms with Gasteiger partial charge in [-0.1, -0.05) is 57.4 Å². The Hall–Kier alpha value is -1.02. The molecule has 0 heterocycles. The van der Waals surface area contributed by atoms with Gasteiger partial charge < -0.3 is 4.74 Å². The Morgan fingerprint density at radius 2 is 1.73 bits per heavy atom. The van der Waals surface area contributed by atoms with E-state index < -0.39 is 0 Å². The molecule has 3 heteroatoms. The molecule has 0 aliphatic heterocycles. The topological polar surface area (TPSA) is 26.3 Å². The minimum atomic E-state index is -0.140. The van der Waals surface area contributed by atoms with Crippen LogP contribution in [0.3, 0.4) is 0 Å². The Kier molecular flexibility index (Phi) is 9.22. The maximum atomic E-state index is 11.1. The summed E-state index contributed by atoms with van der Waals surface area (Å²) in [6.07, 6.45) is 6.97. The molecule has 0 aromatic heterocycles. The van der Waals surface area contributed by atoms with E-state index in [-0.39, 0.29) is 11.3 Å². The zero-order valence-electron chi connectivity index (χ0n) is 14.1. The number of carbonyl (C=O) groups excluding carboxylic acids is 1. The summed E-state index contributed by atoms with van der Waals surface area (Å²) in [4.78, 5) is 11.1. The summed E-state index contributed by atoms with van der Waals surface area (Å²) < 4.78 is 4.64. The first-order valence-corrected chi connectivity index (χ1v) is 8.76. The fraction of sp³-hybridized carbons (Fsp3) is 0.632. The van der Waals surface area contributed by atoms with Crippen LogP contribution in [0.5, 0.6) is 0 Å². The quantitative estimate of drug-likeness (QED) is 0.314. The highest BCUT2D eigenvalue weighted by Crippen LogP contribution is 2.27. The summed E-state index contributed by atoms with van der Waals surface area (Å²) in [6.45, 7) is 4.52. The largest absolute Gasteiger partial charge is 0.469 e. The standard InChI is InChI=1S/C19H29ClO2/c1-15(2)7-4-5-9-18(20)17-13-11-16(12-14-17)8-6-10-19(21)22-3/h11-15,18H,4-10H2,1-3H3. The number of esters is 1. The van der Waals surface area contributed by atoms with Crippen LogP contribution in [0.25, 0.3) is 0 Å². The van der Waals surface area contributed by atoms with E-state index in [9.17, 15) is 4.79 Å². The number of halogens is 1. The number of hydrogen-bond acceptors (Lipinski definition) is 2. The highest BCUT2D eigenvalue weighted by atomic mass is 35.5. The first-order valence-electron chi connectivity index (χ1n) is 8.32. The van der Waals surface area contributed by atoms with Crippen LogP contribution in [0, 0.1) is 5.92 Å². The number of methoxy groups -OCH3 is 1. The molecule has 0 saturated carbocycles. The third-order valence-electron chi connectivity index (χ3n) is 3.90. The summed E-state index contributed by atoms with van der Waals surface area (Å²) in [5.41, 5.74) is 2.44. The van der Waals surface area contributed by atoms with Crippen LogP contribution in [0.2, 0.25) is 0 Å². The molecular weight excluding hydrogens is 296 g/mol. The second kappa shape index (κ2) is 10.7. The van der Waals surface area contributed by atoms with Gasteiger partial charge in [-0.05, 0) is 36.3 Å². The van der Waals surface area contributed by atoms with Crippen molar-refractivity contribution in [2.45, 2.75) is 64.2 Å². The van der Waals surface area contributed by atoms with Gasteiger partial charge in [0.2, 0.25) is 0 Å². The SMILES string of the molecule is COC(=O)CCCc1ccc(C(Cl)CCCCC(C)C)cc1. The van der Waals surface area contributed by atoms with Crippen LogP contribution in [-0.4, -0.2) is 13.1 Å². The molecule has 0 fully saturated rings. The molecule has 1 rings (SSSR count). The molecule has 0 radical (unpaired) electrons. The summed E-state index contributed by atoms with van der Waals surface area (Å²) in [5.74, 6) is 0.636. The minimum absolute atomic E-state index is 0.108. The second-order valence-corrected chi connectivity index (χ2v) is 6.84. The highest BCUT2D eigenvalue weighted by Gasteiger charge is 2.08. The van der Waals surface area contributed by atoms with E-state index in [0.29, 0.717) is 6.42 Å². The number of benzene rings is 1. The van der Waals surface area contributed by atoms with Crippen molar-refractivity contribution in [3.8, 4) is 0 Å². The lowest BCUT2D eigenvalue weighted by molar-refractivity contribution is -0.140. The molecule has 1 atom stereocenters. The van der Waals surface area contributed by atoms with Gasteiger partial charge in [0, 0.05) is 6.42 Å². The number of aryl methyl sites for hydroxylation is 1. The number of hydrogen-bond donors (Lipinski definition) is 0. The van der Waals surface area contributed by atoms with Gasteiger partial charge in [0.1, 0.15) is 0 Å². The van der Waals surface area contributed by atoms with E-state index in [1.54, 1.807) is 0 Å². The predicted molar refractivity (Wildman–Crippen MR) is 93.3 cm³/mol. The maximum Gasteiger partial charge on any atom is 0.305 e. The Labute approximate surface area is 140 Å². The van der Waals surface area contributed by atoms with Crippen LogP contribution >= 0.6 is 11.6 Å². The molecule has 2 nitrogen and oxygen atoms in total. The van der Waals surface area contributed by atoms with Crippen LogP contribution in [-0.2, 0) is 16.0 Å². The molecule has 0 amide bonds. The highest BCUT2D eigenvalue weighted by molar-refractivity contribution is 6.20. The number of unbranched alkanes of at least 4 members (excludes halogenated alkanes) is 1. The first-order chi connectivity index (χ1) is 10.5. The van der Waals surface area contributed by atoms with Gasteiger partial charge in [0.15, 0.2) is 0 Å². The molecule has 22 heavy (non-hydrogen) atoms. The smallest absolute Gasteiger partial charge is 0.305 e. The van der Waals surface area contributed by atoms with Gasteiger partial charge in [-0.2, -0.15) is 0 Å². The molecule has 124 valence electrons. The van der Waals surface area contributed by atoms with E-state index in [0.717, 1.165) is 25.2 Å². The predicted octanol–water partition coefficient (Wildman–Crippen LogP) is 5.68. The molecule has 0 N–H and O–H groups in total. The Morgan fingerprint density at radius 1 is 1.09 bits per heavy atom. The normalized spacial score (nSPS) is 12.4. The molecule has 0 bridgehead atoms. The lowest BCUT2D eigenvalue weighted by Gasteiger charge is -2.11. The van der Waals surface area contributed by atoms with Crippen LogP contribution in [0.15, 0.2) is 24.3 Å². The molecule has 0 saturated heterocycles. The van der Waals surface area contributed by atoms with Crippen molar-refractivity contribution in [3.63, 3.8) is 0 Å². The van der Waals surface area contributed by atoms with Gasteiger partial charge in [-0.3, -0.25) is 4.79 Å². The lowest BCUT2D eigenvalue weighted by atomic mass is 10.0. The van der Waals surface area contributed by atoms with Crippen LogP contribution in [0.4, 0.5) is 0 Å². The third-order valence-corrected chi connectivity index (χ3v) is 4.37. The molecule has 0 spiro atoms. The molecule has 1 aromatic carbocycles. The monoisotopic (exact) mass is 324 g/mol. The Bertz CT molecular complexity index is 426.